The van der Waals surface area contributed by atoms with E-state index in [9.17, 15) is 8.42 Å². The smallest absolute Gasteiger partial charge is 0.150 e. The van der Waals surface area contributed by atoms with E-state index in [2.05, 4.69) is 0 Å². The van der Waals surface area contributed by atoms with Crippen LogP contribution in [0.5, 0.6) is 0 Å². The number of hydrogen-bond donors (Lipinski definition) is 1. The molecule has 0 radical (unpaired) electrons. The molecule has 0 heterocycles. The summed E-state index contributed by atoms with van der Waals surface area (Å²) in [5.74, 6) is 0.367. The van der Waals surface area contributed by atoms with Gasteiger partial charge in [0.25, 0.3) is 0 Å². The third kappa shape index (κ3) is 5.69. The summed E-state index contributed by atoms with van der Waals surface area (Å²) >= 11 is 12.1. The molecule has 0 bridgehead atoms. The van der Waals surface area contributed by atoms with E-state index >= 15 is 0 Å². The molecule has 1 unspecified atom stereocenters. The Balaban J connectivity index is 2.50. The highest BCUT2D eigenvalue weighted by Crippen LogP contribution is 2.25. The Hall–Kier alpha value is -0.290. The average Bonchev–Trinajstić information content (AvgIpc) is 2.34. The van der Waals surface area contributed by atoms with E-state index in [0.717, 1.165) is 5.56 Å². The van der Waals surface area contributed by atoms with Crippen LogP contribution in [-0.4, -0.2) is 26.0 Å². The van der Waals surface area contributed by atoms with E-state index in [1.54, 1.807) is 25.1 Å². The molecule has 1 rings (SSSR count). The van der Waals surface area contributed by atoms with Gasteiger partial charge in [-0.05, 0) is 37.0 Å². The van der Waals surface area contributed by atoms with Gasteiger partial charge in [-0.15, -0.1) is 0 Å². The van der Waals surface area contributed by atoms with Crippen molar-refractivity contribution < 1.29 is 8.42 Å². The minimum atomic E-state index is -2.91. The van der Waals surface area contributed by atoms with Crippen LogP contribution < -0.4 is 5.73 Å². The molecule has 6 heteroatoms. The molecule has 108 valence electrons. The molecule has 0 fully saturated rings. The van der Waals surface area contributed by atoms with Crippen molar-refractivity contribution >= 4 is 33.0 Å². The van der Waals surface area contributed by atoms with Crippen molar-refractivity contribution in [1.82, 2.24) is 0 Å². The van der Waals surface area contributed by atoms with Gasteiger partial charge < -0.3 is 5.73 Å². The molecule has 0 saturated carbocycles. The monoisotopic (exact) mass is 323 g/mol. The van der Waals surface area contributed by atoms with Gasteiger partial charge in [0.1, 0.15) is 9.84 Å². The summed E-state index contributed by atoms with van der Waals surface area (Å²) in [5.41, 5.74) is 6.83. The van der Waals surface area contributed by atoms with Gasteiger partial charge in [0.05, 0.1) is 5.75 Å². The average molecular weight is 324 g/mol. The molecule has 1 aromatic carbocycles. The van der Waals surface area contributed by atoms with Gasteiger partial charge in [-0.3, -0.25) is 0 Å². The molecule has 0 aliphatic heterocycles. The van der Waals surface area contributed by atoms with E-state index in [4.69, 9.17) is 28.9 Å². The Kier molecular flexibility index (Phi) is 6.60. The maximum Gasteiger partial charge on any atom is 0.150 e. The van der Waals surface area contributed by atoms with Crippen LogP contribution in [0.1, 0.15) is 25.3 Å². The molecule has 0 spiro atoms. The molecule has 0 aliphatic carbocycles. The Morgan fingerprint density at radius 2 is 1.84 bits per heavy atom. The molecule has 1 aromatic rings. The quantitative estimate of drug-likeness (QED) is 0.838. The predicted molar refractivity (Wildman–Crippen MR) is 81.7 cm³/mol. The van der Waals surface area contributed by atoms with Crippen LogP contribution in [-0.2, 0) is 16.3 Å². The molecule has 0 aromatic heterocycles. The Morgan fingerprint density at radius 1 is 1.26 bits per heavy atom. The van der Waals surface area contributed by atoms with Crippen molar-refractivity contribution in [3.63, 3.8) is 0 Å². The zero-order valence-corrected chi connectivity index (χ0v) is 13.2. The van der Waals surface area contributed by atoms with Gasteiger partial charge >= 0.3 is 0 Å². The number of sulfone groups is 1. The molecular weight excluding hydrogens is 305 g/mol. The van der Waals surface area contributed by atoms with Gasteiger partial charge in [-0.2, -0.15) is 0 Å². The second-order valence-electron chi connectivity index (χ2n) is 4.54. The lowest BCUT2D eigenvalue weighted by Crippen LogP contribution is -2.24. The van der Waals surface area contributed by atoms with Crippen molar-refractivity contribution in [2.45, 2.75) is 32.2 Å². The first-order valence-electron chi connectivity index (χ1n) is 6.24. The van der Waals surface area contributed by atoms with Crippen LogP contribution in [0, 0.1) is 0 Å². The summed E-state index contributed by atoms with van der Waals surface area (Å²) in [6.45, 7) is 1.65. The van der Waals surface area contributed by atoms with Crippen molar-refractivity contribution in [3.05, 3.63) is 33.8 Å². The second kappa shape index (κ2) is 7.48. The standard InChI is InChI=1S/C13H19Cl2NO2S/c1-2-19(17,18)8-4-5-10(16)9-11-12(14)6-3-7-13(11)15/h3,6-7,10H,2,4-5,8-9,16H2,1H3. The summed E-state index contributed by atoms with van der Waals surface area (Å²) in [6.07, 6.45) is 1.77. The van der Waals surface area contributed by atoms with Crippen molar-refractivity contribution in [2.75, 3.05) is 11.5 Å². The van der Waals surface area contributed by atoms with Crippen LogP contribution >= 0.6 is 23.2 Å². The van der Waals surface area contributed by atoms with Crippen molar-refractivity contribution in [3.8, 4) is 0 Å². The molecule has 0 amide bonds. The van der Waals surface area contributed by atoms with Crippen LogP contribution in [0.4, 0.5) is 0 Å². The number of rotatable bonds is 7. The number of hydrogen-bond acceptors (Lipinski definition) is 3. The van der Waals surface area contributed by atoms with Crippen LogP contribution in [0.3, 0.4) is 0 Å². The summed E-state index contributed by atoms with van der Waals surface area (Å²) in [7, 11) is -2.91. The lowest BCUT2D eigenvalue weighted by atomic mass is 10.0. The van der Waals surface area contributed by atoms with Crippen LogP contribution in [0.2, 0.25) is 10.0 Å². The molecule has 2 N–H and O–H groups in total. The first-order chi connectivity index (χ1) is 8.85. The predicted octanol–water partition coefficient (Wildman–Crippen LogP) is 3.08. The van der Waals surface area contributed by atoms with Gasteiger partial charge in [0.2, 0.25) is 0 Å². The maximum absolute atomic E-state index is 11.4. The maximum atomic E-state index is 11.4. The fourth-order valence-corrected chi connectivity index (χ4v) is 3.25. The Bertz CT molecular complexity index is 497. The number of halogens is 2. The summed E-state index contributed by atoms with van der Waals surface area (Å²) in [5, 5.41) is 1.20. The molecule has 3 nitrogen and oxygen atoms in total. The highest BCUT2D eigenvalue weighted by molar-refractivity contribution is 7.91. The molecule has 0 saturated heterocycles. The molecule has 1 atom stereocenters. The highest BCUT2D eigenvalue weighted by atomic mass is 35.5. The van der Waals surface area contributed by atoms with E-state index in [1.165, 1.54) is 0 Å². The highest BCUT2D eigenvalue weighted by Gasteiger charge is 2.13. The normalized spacial score (nSPS) is 13.5. The third-order valence-corrected chi connectivity index (χ3v) is 5.50. The first-order valence-corrected chi connectivity index (χ1v) is 8.82. The largest absolute Gasteiger partial charge is 0.327 e. The molecule has 0 aliphatic rings. The van der Waals surface area contributed by atoms with Crippen molar-refractivity contribution in [2.24, 2.45) is 5.73 Å². The molecule has 19 heavy (non-hydrogen) atoms. The summed E-state index contributed by atoms with van der Waals surface area (Å²) < 4.78 is 22.7. The van der Waals surface area contributed by atoms with Gasteiger partial charge in [-0.1, -0.05) is 36.2 Å². The minimum Gasteiger partial charge on any atom is -0.327 e. The van der Waals surface area contributed by atoms with E-state index in [0.29, 0.717) is 29.3 Å². The van der Waals surface area contributed by atoms with Gasteiger partial charge in [0.15, 0.2) is 0 Å². The Morgan fingerprint density at radius 3 is 2.37 bits per heavy atom. The van der Waals surface area contributed by atoms with Crippen molar-refractivity contribution in [1.29, 1.82) is 0 Å². The fraction of sp³-hybridized carbons (Fsp3) is 0.538. The fourth-order valence-electron chi connectivity index (χ4n) is 1.80. The SMILES string of the molecule is CCS(=O)(=O)CCCC(N)Cc1c(Cl)cccc1Cl. The first kappa shape index (κ1) is 16.8. The topological polar surface area (TPSA) is 60.2 Å². The third-order valence-electron chi connectivity index (χ3n) is 3.00. The number of benzene rings is 1. The second-order valence-corrected chi connectivity index (χ2v) is 7.83. The lowest BCUT2D eigenvalue weighted by Gasteiger charge is -2.13. The lowest BCUT2D eigenvalue weighted by molar-refractivity contribution is 0.574. The Labute approximate surface area is 125 Å². The van der Waals surface area contributed by atoms with Gasteiger partial charge in [-0.25, -0.2) is 8.42 Å². The minimum absolute atomic E-state index is 0.135. The van der Waals surface area contributed by atoms with Crippen LogP contribution in [0.25, 0.3) is 0 Å². The summed E-state index contributed by atoms with van der Waals surface area (Å²) in [4.78, 5) is 0. The molecular formula is C13H19Cl2NO2S. The van der Waals surface area contributed by atoms with Gasteiger partial charge in [0, 0.05) is 21.8 Å². The van der Waals surface area contributed by atoms with Crippen LogP contribution in [0.15, 0.2) is 18.2 Å². The van der Waals surface area contributed by atoms with E-state index < -0.39 is 9.84 Å². The van der Waals surface area contributed by atoms with E-state index in [1.807, 2.05) is 0 Å². The summed E-state index contributed by atoms with van der Waals surface area (Å²) in [6, 6.07) is 5.20. The zero-order chi connectivity index (χ0) is 14.5. The zero-order valence-electron chi connectivity index (χ0n) is 10.9. The van der Waals surface area contributed by atoms with E-state index in [-0.39, 0.29) is 17.5 Å². The number of nitrogens with two attached hydrogens (primary N) is 1.